The van der Waals surface area contributed by atoms with Gasteiger partial charge in [-0.3, -0.25) is 9.59 Å². The van der Waals surface area contributed by atoms with Crippen molar-refractivity contribution in [2.45, 2.75) is 105 Å². The van der Waals surface area contributed by atoms with Crippen LogP contribution in [0.3, 0.4) is 0 Å². The molecule has 0 aromatic heterocycles. The van der Waals surface area contributed by atoms with Crippen LogP contribution < -0.4 is 0 Å². The molecule has 2 aliphatic carbocycles. The van der Waals surface area contributed by atoms with Gasteiger partial charge in [-0.15, -0.1) is 0 Å². The average Bonchev–Trinajstić information content (AvgIpc) is 2.78. The van der Waals surface area contributed by atoms with Gasteiger partial charge in [0, 0.05) is 5.92 Å². The Labute approximate surface area is 212 Å². The van der Waals surface area contributed by atoms with Crippen molar-refractivity contribution in [1.82, 2.24) is 0 Å². The van der Waals surface area contributed by atoms with Crippen LogP contribution in [0.25, 0.3) is 0 Å². The van der Waals surface area contributed by atoms with E-state index in [4.69, 9.17) is 4.74 Å². The molecule has 6 heteroatoms. The van der Waals surface area contributed by atoms with E-state index in [0.717, 1.165) is 25.7 Å². The van der Waals surface area contributed by atoms with Crippen molar-refractivity contribution in [3.63, 3.8) is 0 Å². The van der Waals surface area contributed by atoms with Crippen LogP contribution >= 0.6 is 0 Å². The molecule has 2 aliphatic rings. The molecule has 0 radical (unpaired) electrons. The number of hydrogen-bond acceptors (Lipinski definition) is 6. The van der Waals surface area contributed by atoms with Crippen molar-refractivity contribution in [3.05, 3.63) is 24.3 Å². The Kier molecular flexibility index (Phi) is 10.6. The minimum atomic E-state index is -0.921. The number of methoxy groups -OCH3 is 1. The summed E-state index contributed by atoms with van der Waals surface area (Å²) >= 11 is 0. The normalized spacial score (nSPS) is 32.7. The highest BCUT2D eigenvalue weighted by molar-refractivity contribution is 5.76. The number of esters is 2. The Morgan fingerprint density at radius 2 is 1.89 bits per heavy atom. The van der Waals surface area contributed by atoms with E-state index in [-0.39, 0.29) is 42.2 Å². The quantitative estimate of drug-likeness (QED) is 0.303. The van der Waals surface area contributed by atoms with Crippen LogP contribution in [0.1, 0.15) is 86.5 Å². The van der Waals surface area contributed by atoms with E-state index in [2.05, 4.69) is 42.9 Å². The molecule has 35 heavy (non-hydrogen) atoms. The van der Waals surface area contributed by atoms with Gasteiger partial charge in [-0.1, -0.05) is 45.1 Å². The average molecular weight is 493 g/mol. The maximum Gasteiger partial charge on any atom is 0.311 e. The summed E-state index contributed by atoms with van der Waals surface area (Å²) in [7, 11) is 1.29. The first-order valence-corrected chi connectivity index (χ1v) is 13.3. The van der Waals surface area contributed by atoms with Crippen LogP contribution in [0.15, 0.2) is 24.3 Å². The van der Waals surface area contributed by atoms with E-state index in [9.17, 15) is 19.8 Å². The first kappa shape index (κ1) is 29.6. The van der Waals surface area contributed by atoms with Crippen molar-refractivity contribution in [2.24, 2.45) is 34.5 Å². The Morgan fingerprint density at radius 3 is 2.49 bits per heavy atom. The fraction of sp³-hybridized carbons (Fsp3) is 0.793. The fourth-order valence-corrected chi connectivity index (χ4v) is 5.96. The van der Waals surface area contributed by atoms with Gasteiger partial charge in [0.1, 0.15) is 6.10 Å². The molecule has 0 heterocycles. The van der Waals surface area contributed by atoms with E-state index in [1.165, 1.54) is 7.11 Å². The highest BCUT2D eigenvalue weighted by Crippen LogP contribution is 2.52. The summed E-state index contributed by atoms with van der Waals surface area (Å²) in [5, 5.41) is 20.7. The molecule has 0 aliphatic heterocycles. The largest absolute Gasteiger partial charge is 0.469 e. The van der Waals surface area contributed by atoms with E-state index in [1.807, 2.05) is 27.7 Å². The molecule has 8 atom stereocenters. The summed E-state index contributed by atoms with van der Waals surface area (Å²) in [5.74, 6) is 0.433. The van der Waals surface area contributed by atoms with E-state index in [0.29, 0.717) is 18.3 Å². The Balaban J connectivity index is 2.20. The maximum absolute atomic E-state index is 13.1. The molecular weight excluding hydrogens is 444 g/mol. The van der Waals surface area contributed by atoms with Crippen molar-refractivity contribution in [1.29, 1.82) is 0 Å². The second kappa shape index (κ2) is 12.5. The number of carbonyl (C=O) groups is 2. The summed E-state index contributed by atoms with van der Waals surface area (Å²) < 4.78 is 10.9. The molecule has 1 saturated carbocycles. The molecule has 1 fully saturated rings. The first-order chi connectivity index (χ1) is 16.4. The zero-order valence-electron chi connectivity index (χ0n) is 22.8. The van der Waals surface area contributed by atoms with Crippen LogP contribution in [0, 0.1) is 34.5 Å². The first-order valence-electron chi connectivity index (χ1n) is 13.3. The fourth-order valence-electron chi connectivity index (χ4n) is 5.96. The molecule has 6 nitrogen and oxygen atoms in total. The molecule has 0 saturated heterocycles. The lowest BCUT2D eigenvalue weighted by Gasteiger charge is -2.51. The minimum Gasteiger partial charge on any atom is -0.469 e. The number of carbonyl (C=O) groups excluding carboxylic acids is 2. The third-order valence-electron chi connectivity index (χ3n) is 8.40. The summed E-state index contributed by atoms with van der Waals surface area (Å²) in [6, 6.07) is 0. The van der Waals surface area contributed by atoms with Gasteiger partial charge in [0.05, 0.1) is 31.2 Å². The summed E-state index contributed by atoms with van der Waals surface area (Å²) in [6.07, 6.45) is 11.0. The van der Waals surface area contributed by atoms with Crippen LogP contribution in [0.2, 0.25) is 0 Å². The molecule has 0 aromatic rings. The molecule has 2 N–H and O–H groups in total. The summed E-state index contributed by atoms with van der Waals surface area (Å²) in [5.41, 5.74) is -0.564. The number of ether oxygens (including phenoxy) is 2. The number of allylic oxidation sites excluding steroid dienone is 4. The Morgan fingerprint density at radius 1 is 1.20 bits per heavy atom. The zero-order chi connectivity index (χ0) is 26.4. The molecule has 0 amide bonds. The topological polar surface area (TPSA) is 93.1 Å². The van der Waals surface area contributed by atoms with Gasteiger partial charge in [-0.25, -0.2) is 0 Å². The molecule has 0 bridgehead atoms. The molecule has 0 spiro atoms. The number of fused-ring (bicyclic) bond motifs is 1. The highest BCUT2D eigenvalue weighted by atomic mass is 16.5. The molecule has 2 rings (SSSR count). The number of aliphatic hydroxyl groups is 2. The van der Waals surface area contributed by atoms with Crippen molar-refractivity contribution in [2.75, 3.05) is 7.11 Å². The number of hydrogen-bond donors (Lipinski definition) is 2. The second-order valence-electron chi connectivity index (χ2n) is 11.8. The van der Waals surface area contributed by atoms with Gasteiger partial charge >= 0.3 is 11.9 Å². The highest BCUT2D eigenvalue weighted by Gasteiger charge is 2.49. The predicted octanol–water partition coefficient (Wildman–Crippen LogP) is 5.22. The lowest BCUT2D eigenvalue weighted by Crippen LogP contribution is -2.49. The third-order valence-corrected chi connectivity index (χ3v) is 8.40. The number of rotatable bonds is 11. The molecule has 0 unspecified atom stereocenters. The monoisotopic (exact) mass is 492 g/mol. The van der Waals surface area contributed by atoms with Crippen LogP contribution in [0.4, 0.5) is 0 Å². The van der Waals surface area contributed by atoms with E-state index >= 15 is 0 Å². The smallest absolute Gasteiger partial charge is 0.311 e. The maximum atomic E-state index is 13.1. The third kappa shape index (κ3) is 7.91. The standard InChI is InChI=1S/C29H48O6/c1-8-14-29(6)17-20-11-10-19(3)23(13-12-21(30)15-22(31)16-25(32)34-7)26(20)24(18-29)35-27(33)28(4,5)9-2/h8,10-11,14,19-24,26,30-31H,9,12-13,15-18H2,1-7H3/t19-,20-,21+,22+,23-,24-,26-,29-/m0/s1. The van der Waals surface area contributed by atoms with Crippen molar-refractivity contribution in [3.8, 4) is 0 Å². The van der Waals surface area contributed by atoms with Gasteiger partial charge in [0.2, 0.25) is 0 Å². The summed E-state index contributed by atoms with van der Waals surface area (Å²) in [4.78, 5) is 24.5. The van der Waals surface area contributed by atoms with Gasteiger partial charge in [0.25, 0.3) is 0 Å². The van der Waals surface area contributed by atoms with E-state index in [1.54, 1.807) is 0 Å². The Hall–Kier alpha value is -1.66. The summed E-state index contributed by atoms with van der Waals surface area (Å²) in [6.45, 7) is 12.4. The van der Waals surface area contributed by atoms with Gasteiger partial charge in [-0.2, -0.15) is 0 Å². The van der Waals surface area contributed by atoms with Crippen molar-refractivity contribution >= 4 is 11.9 Å². The zero-order valence-corrected chi connectivity index (χ0v) is 22.8. The van der Waals surface area contributed by atoms with Gasteiger partial charge in [-0.05, 0) is 82.5 Å². The molecular formula is C29H48O6. The number of aliphatic hydroxyl groups excluding tert-OH is 2. The van der Waals surface area contributed by atoms with Crippen LogP contribution in [-0.4, -0.2) is 47.6 Å². The second-order valence-corrected chi connectivity index (χ2v) is 11.8. The van der Waals surface area contributed by atoms with Crippen LogP contribution in [0.5, 0.6) is 0 Å². The lowest BCUT2D eigenvalue weighted by molar-refractivity contribution is -0.171. The molecule has 200 valence electrons. The SMILES string of the molecule is CC=C[C@]1(C)C[C@H](OC(=O)C(C)(C)CC)[C@@H]2[C@@H](CC[C@@H](O)C[C@@H](O)CC(=O)OC)[C@@H](C)C=C[C@H]2C1. The van der Waals surface area contributed by atoms with E-state index < -0.39 is 23.6 Å². The van der Waals surface area contributed by atoms with Crippen molar-refractivity contribution < 1.29 is 29.3 Å². The van der Waals surface area contributed by atoms with Gasteiger partial charge < -0.3 is 19.7 Å². The lowest BCUT2D eigenvalue weighted by atomic mass is 9.56. The van der Waals surface area contributed by atoms with Gasteiger partial charge in [0.15, 0.2) is 0 Å². The minimum absolute atomic E-state index is 0.0375. The van der Waals surface area contributed by atoms with Crippen LogP contribution in [-0.2, 0) is 19.1 Å². The molecule has 0 aromatic carbocycles. The predicted molar refractivity (Wildman–Crippen MR) is 137 cm³/mol. The Bertz CT molecular complexity index is 771.